The molecule has 1 aromatic rings. The van der Waals surface area contributed by atoms with Gasteiger partial charge in [0.05, 0.1) is 11.3 Å². The number of carbonyl (C=O) groups excluding carboxylic acids is 1. The van der Waals surface area contributed by atoms with Gasteiger partial charge in [-0.05, 0) is 42.9 Å². The summed E-state index contributed by atoms with van der Waals surface area (Å²) >= 11 is 0. The van der Waals surface area contributed by atoms with Crippen LogP contribution in [0.25, 0.3) is 0 Å². The van der Waals surface area contributed by atoms with Crippen molar-refractivity contribution >= 4 is 11.6 Å². The second kappa shape index (κ2) is 11.0. The van der Waals surface area contributed by atoms with Crippen LogP contribution in [0.3, 0.4) is 0 Å². The van der Waals surface area contributed by atoms with Crippen LogP contribution < -0.4 is 0 Å². The fourth-order valence-electron chi connectivity index (χ4n) is 6.24. The third kappa shape index (κ3) is 5.85. The molecule has 0 spiro atoms. The second-order valence-electron chi connectivity index (χ2n) is 12.2. The molecule has 2 unspecified atom stereocenters. The number of nitrogens with zero attached hydrogens (tertiary/aromatic N) is 3. The molecule has 0 radical (unpaired) electrons. The van der Waals surface area contributed by atoms with Crippen molar-refractivity contribution < 1.29 is 14.3 Å². The molecule has 1 amide bonds. The summed E-state index contributed by atoms with van der Waals surface area (Å²) in [7, 11) is 0. The highest BCUT2D eigenvalue weighted by Gasteiger charge is 2.50. The summed E-state index contributed by atoms with van der Waals surface area (Å²) in [5.41, 5.74) is -0.298. The molecule has 2 heterocycles. The number of β-amino-alcohol motifs (C(OH)–C–C–N with tert-alkyl or cyclic N) is 1. The number of halogens is 1. The lowest BCUT2D eigenvalue weighted by Gasteiger charge is -2.52. The number of amides is 1. The maximum Gasteiger partial charge on any atom is 0.225 e. The zero-order chi connectivity index (χ0) is 25.9. The first-order valence-corrected chi connectivity index (χ1v) is 13.8. The zero-order valence-electron chi connectivity index (χ0n) is 22.5. The molecule has 1 saturated heterocycles. The van der Waals surface area contributed by atoms with Crippen LogP contribution in [0.15, 0.2) is 41.5 Å². The van der Waals surface area contributed by atoms with Crippen LogP contribution in [0, 0.1) is 29.0 Å². The van der Waals surface area contributed by atoms with Gasteiger partial charge in [-0.1, -0.05) is 71.9 Å². The first-order chi connectivity index (χ1) is 17.1. The number of hydrogen-bond acceptors (Lipinski definition) is 4. The topological polar surface area (TPSA) is 56.1 Å². The van der Waals surface area contributed by atoms with Crippen LogP contribution >= 0.6 is 0 Å². The average Bonchev–Trinajstić information content (AvgIpc) is 2.85. The number of carbonyl (C=O) groups is 1. The van der Waals surface area contributed by atoms with Crippen molar-refractivity contribution in [3.05, 3.63) is 47.9 Å². The van der Waals surface area contributed by atoms with Crippen molar-refractivity contribution in [3.8, 4) is 0 Å². The summed E-state index contributed by atoms with van der Waals surface area (Å²) in [6.07, 6.45) is 11.7. The Morgan fingerprint density at radius 2 is 1.92 bits per heavy atom. The Morgan fingerprint density at radius 3 is 2.53 bits per heavy atom. The third-order valence-corrected chi connectivity index (χ3v) is 8.87. The van der Waals surface area contributed by atoms with E-state index in [2.05, 4.69) is 32.7 Å². The molecule has 3 aliphatic rings. The van der Waals surface area contributed by atoms with Crippen LogP contribution in [0.4, 0.5) is 4.39 Å². The number of allylic oxidation sites excluding steroid dienone is 1. The molecular weight excluding hydrogens is 453 g/mol. The Bertz CT molecular complexity index is 982. The molecular formula is C30H44FN3O2. The maximum atomic E-state index is 14.1. The maximum absolute atomic E-state index is 14.1. The Hall–Kier alpha value is -2.21. The van der Waals surface area contributed by atoms with Crippen LogP contribution in [0.1, 0.15) is 78.2 Å². The first kappa shape index (κ1) is 26.8. The van der Waals surface area contributed by atoms with Gasteiger partial charge < -0.3 is 14.9 Å². The van der Waals surface area contributed by atoms with Crippen LogP contribution in [-0.2, 0) is 4.79 Å². The van der Waals surface area contributed by atoms with Gasteiger partial charge in [0.1, 0.15) is 12.5 Å². The van der Waals surface area contributed by atoms with Gasteiger partial charge in [0.25, 0.3) is 0 Å². The summed E-state index contributed by atoms with van der Waals surface area (Å²) in [6.45, 7) is 10.4. The van der Waals surface area contributed by atoms with Crippen molar-refractivity contribution in [1.29, 1.82) is 0 Å². The van der Waals surface area contributed by atoms with E-state index >= 15 is 0 Å². The molecule has 1 saturated carbocycles. The molecule has 1 aromatic carbocycles. The number of benzene rings is 1. The van der Waals surface area contributed by atoms with E-state index in [-0.39, 0.29) is 17.6 Å². The summed E-state index contributed by atoms with van der Waals surface area (Å²) < 4.78 is 14.1. The van der Waals surface area contributed by atoms with Gasteiger partial charge in [-0.3, -0.25) is 9.79 Å². The van der Waals surface area contributed by atoms with Gasteiger partial charge in [-0.15, -0.1) is 0 Å². The molecule has 0 aromatic heterocycles. The van der Waals surface area contributed by atoms with Gasteiger partial charge >= 0.3 is 0 Å². The number of aliphatic imine (C=N–C) groups is 1. The molecule has 0 bridgehead atoms. The fraction of sp³-hybridized carbons (Fsp3) is 0.667. The molecule has 6 heteroatoms. The van der Waals surface area contributed by atoms with Crippen molar-refractivity contribution in [1.82, 2.24) is 9.80 Å². The minimum absolute atomic E-state index is 0.0614. The van der Waals surface area contributed by atoms with E-state index in [0.717, 1.165) is 6.42 Å². The molecule has 198 valence electrons. The van der Waals surface area contributed by atoms with Crippen molar-refractivity contribution in [2.45, 2.75) is 78.2 Å². The molecule has 2 atom stereocenters. The molecule has 4 rings (SSSR count). The lowest BCUT2D eigenvalue weighted by molar-refractivity contribution is -0.158. The highest BCUT2D eigenvalue weighted by atomic mass is 19.1. The van der Waals surface area contributed by atoms with E-state index in [1.54, 1.807) is 18.2 Å². The van der Waals surface area contributed by atoms with Gasteiger partial charge in [0, 0.05) is 42.7 Å². The molecule has 2 aliphatic heterocycles. The highest BCUT2D eigenvalue weighted by molar-refractivity contribution is 6.09. The third-order valence-electron chi connectivity index (χ3n) is 8.87. The Labute approximate surface area is 216 Å². The van der Waals surface area contributed by atoms with Gasteiger partial charge in [0.15, 0.2) is 0 Å². The minimum atomic E-state index is -0.949. The summed E-state index contributed by atoms with van der Waals surface area (Å²) in [5, 5.41) is 11.8. The molecule has 36 heavy (non-hydrogen) atoms. The molecule has 1 aliphatic carbocycles. The number of hydrogen-bond donors (Lipinski definition) is 1. The van der Waals surface area contributed by atoms with Gasteiger partial charge in [-0.2, -0.15) is 0 Å². The van der Waals surface area contributed by atoms with E-state index in [1.807, 2.05) is 22.1 Å². The van der Waals surface area contributed by atoms with Gasteiger partial charge in [0.2, 0.25) is 5.91 Å². The zero-order valence-corrected chi connectivity index (χ0v) is 22.5. The fourth-order valence-corrected chi connectivity index (χ4v) is 6.24. The lowest BCUT2D eigenvalue weighted by Crippen LogP contribution is -2.63. The number of rotatable bonds is 7. The molecule has 2 fully saturated rings. The summed E-state index contributed by atoms with van der Waals surface area (Å²) in [5.74, 6) is 1.04. The van der Waals surface area contributed by atoms with E-state index in [0.29, 0.717) is 55.8 Å². The van der Waals surface area contributed by atoms with Crippen LogP contribution in [0.5, 0.6) is 0 Å². The Balaban J connectivity index is 1.38. The number of likely N-dealkylation sites (tertiary alicyclic amines) is 1. The molecule has 5 nitrogen and oxygen atoms in total. The largest absolute Gasteiger partial charge is 0.387 e. The predicted molar refractivity (Wildman–Crippen MR) is 143 cm³/mol. The smallest absolute Gasteiger partial charge is 0.225 e. The van der Waals surface area contributed by atoms with Crippen molar-refractivity contribution in [2.75, 3.05) is 26.3 Å². The number of piperidine rings is 1. The summed E-state index contributed by atoms with van der Waals surface area (Å²) in [6, 6.07) is 6.65. The SMILES string of the molecule is CC(C)C(CC1CCCCC1)C(=O)N1CCC(O)(CN2C=CC(c3ccccc3F)=NC2)C(C)(C)C1. The average molecular weight is 498 g/mol. The predicted octanol–water partition coefficient (Wildman–Crippen LogP) is 5.63. The van der Waals surface area contributed by atoms with E-state index < -0.39 is 11.0 Å². The minimum Gasteiger partial charge on any atom is -0.387 e. The lowest BCUT2D eigenvalue weighted by atomic mass is 9.69. The Kier molecular flexibility index (Phi) is 8.23. The van der Waals surface area contributed by atoms with Crippen molar-refractivity contribution in [3.63, 3.8) is 0 Å². The Morgan fingerprint density at radius 1 is 1.19 bits per heavy atom. The van der Waals surface area contributed by atoms with Gasteiger partial charge in [-0.25, -0.2) is 4.39 Å². The van der Waals surface area contributed by atoms with Crippen LogP contribution in [0.2, 0.25) is 0 Å². The van der Waals surface area contributed by atoms with E-state index in [4.69, 9.17) is 0 Å². The van der Waals surface area contributed by atoms with Crippen molar-refractivity contribution in [2.24, 2.45) is 28.2 Å². The number of aliphatic hydroxyl groups is 1. The standard InChI is InChI=1S/C30H44FN3O2/c1-22(2)25(18-23-10-6-5-7-11-23)28(35)34-17-15-30(36,29(3,4)19-34)20-33-16-14-27(32-21-33)24-12-8-9-13-26(24)31/h8-9,12-14,16,22-23,25,36H,5-7,10-11,15,17-21H2,1-4H3. The first-order valence-electron chi connectivity index (χ1n) is 13.8. The second-order valence-corrected chi connectivity index (χ2v) is 12.2. The van der Waals surface area contributed by atoms with E-state index in [9.17, 15) is 14.3 Å². The summed E-state index contributed by atoms with van der Waals surface area (Å²) in [4.78, 5) is 22.2. The monoisotopic (exact) mass is 497 g/mol. The molecule has 1 N–H and O–H groups in total. The highest BCUT2D eigenvalue weighted by Crippen LogP contribution is 2.41. The van der Waals surface area contributed by atoms with Crippen LogP contribution in [-0.4, -0.2) is 58.4 Å². The quantitative estimate of drug-likeness (QED) is 0.531. The van der Waals surface area contributed by atoms with E-state index in [1.165, 1.54) is 38.2 Å². The normalized spacial score (nSPS) is 25.7.